The molecule has 2 aromatic rings. The summed E-state index contributed by atoms with van der Waals surface area (Å²) in [6.45, 7) is 2.76. The van der Waals surface area contributed by atoms with Crippen molar-refractivity contribution in [2.45, 2.75) is 19.8 Å². The van der Waals surface area contributed by atoms with Crippen molar-refractivity contribution in [3.8, 4) is 11.1 Å². The number of hydrogen-bond acceptors (Lipinski definition) is 4. The normalized spacial score (nSPS) is 16.2. The Kier molecular flexibility index (Phi) is 7.00. The van der Waals surface area contributed by atoms with Crippen molar-refractivity contribution in [3.63, 3.8) is 0 Å². The average Bonchev–Trinajstić information content (AvgIpc) is 2.78. The van der Waals surface area contributed by atoms with Crippen molar-refractivity contribution in [2.75, 3.05) is 26.2 Å². The lowest BCUT2D eigenvalue weighted by atomic mass is 9.89. The monoisotopic (exact) mass is 394 g/mol. The largest absolute Gasteiger partial charge is 0.465 e. The van der Waals surface area contributed by atoms with Crippen LogP contribution in [0.2, 0.25) is 0 Å². The molecule has 0 aromatic heterocycles. The number of nitrogens with one attached hydrogen (secondary N) is 1. The molecule has 0 unspecified atom stereocenters. The fraction of sp³-hybridized carbons (Fsp3) is 0.348. The summed E-state index contributed by atoms with van der Waals surface area (Å²) in [5, 5.41) is 2.56. The molecule has 29 heavy (non-hydrogen) atoms. The van der Waals surface area contributed by atoms with Crippen LogP contribution in [0.5, 0.6) is 0 Å². The Hall–Kier alpha value is -3.15. The fourth-order valence-corrected chi connectivity index (χ4v) is 3.54. The van der Waals surface area contributed by atoms with Gasteiger partial charge >= 0.3 is 12.0 Å². The van der Waals surface area contributed by atoms with Gasteiger partial charge in [0.2, 0.25) is 0 Å². The molecule has 2 amide bonds. The highest BCUT2D eigenvalue weighted by atomic mass is 16.5. The van der Waals surface area contributed by atoms with E-state index in [0.29, 0.717) is 18.7 Å². The maximum atomic E-state index is 12.9. The number of nitrogens with zero attached hydrogens (tertiary/aromatic N) is 1. The number of Topliss-reactive ketones (excluding diaryl/α,β-unsaturated/α-hetero) is 1. The predicted octanol–water partition coefficient (Wildman–Crippen LogP) is 3.52. The molecule has 0 saturated carbocycles. The van der Waals surface area contributed by atoms with Crippen molar-refractivity contribution < 1.29 is 19.1 Å². The molecule has 1 aliphatic rings. The summed E-state index contributed by atoms with van der Waals surface area (Å²) in [6.07, 6.45) is 1.51. The summed E-state index contributed by atoms with van der Waals surface area (Å²) in [5.74, 6) is -0.656. The smallest absolute Gasteiger partial charge is 0.325 e. The van der Waals surface area contributed by atoms with Gasteiger partial charge in [-0.15, -0.1) is 0 Å². The number of hydrogen-bond donors (Lipinski definition) is 1. The van der Waals surface area contributed by atoms with Gasteiger partial charge in [-0.1, -0.05) is 54.6 Å². The second-order valence-electron chi connectivity index (χ2n) is 7.06. The zero-order chi connectivity index (χ0) is 20.6. The number of urea groups is 1. The molecule has 1 fully saturated rings. The second kappa shape index (κ2) is 9.87. The molecule has 1 saturated heterocycles. The molecule has 2 aromatic carbocycles. The van der Waals surface area contributed by atoms with Crippen molar-refractivity contribution >= 4 is 17.8 Å². The number of esters is 1. The van der Waals surface area contributed by atoms with Crippen molar-refractivity contribution in [1.29, 1.82) is 0 Å². The third kappa shape index (κ3) is 5.44. The lowest BCUT2D eigenvalue weighted by Gasteiger charge is -2.32. The van der Waals surface area contributed by atoms with E-state index in [9.17, 15) is 14.4 Å². The van der Waals surface area contributed by atoms with E-state index >= 15 is 0 Å². The minimum Gasteiger partial charge on any atom is -0.465 e. The highest BCUT2D eigenvalue weighted by molar-refractivity contribution is 5.98. The van der Waals surface area contributed by atoms with Crippen LogP contribution in [0.25, 0.3) is 11.1 Å². The van der Waals surface area contributed by atoms with E-state index in [0.717, 1.165) is 24.0 Å². The summed E-state index contributed by atoms with van der Waals surface area (Å²) in [4.78, 5) is 38.3. The number of benzene rings is 2. The van der Waals surface area contributed by atoms with E-state index in [1.807, 2.05) is 54.6 Å². The number of ketones is 1. The third-order valence-electron chi connectivity index (χ3n) is 5.05. The molecule has 1 aliphatic heterocycles. The lowest BCUT2D eigenvalue weighted by molar-refractivity contribution is -0.141. The van der Waals surface area contributed by atoms with Gasteiger partial charge in [-0.2, -0.15) is 0 Å². The summed E-state index contributed by atoms with van der Waals surface area (Å²) >= 11 is 0. The Morgan fingerprint density at radius 2 is 1.72 bits per heavy atom. The molecule has 1 atom stereocenters. The highest BCUT2D eigenvalue weighted by Gasteiger charge is 2.29. The van der Waals surface area contributed by atoms with Crippen LogP contribution in [0.1, 0.15) is 30.1 Å². The van der Waals surface area contributed by atoms with Gasteiger partial charge in [0.25, 0.3) is 0 Å². The number of likely N-dealkylation sites (tertiary alicyclic amines) is 1. The summed E-state index contributed by atoms with van der Waals surface area (Å²) < 4.78 is 4.81. The predicted molar refractivity (Wildman–Crippen MR) is 111 cm³/mol. The Morgan fingerprint density at radius 1 is 1.03 bits per heavy atom. The van der Waals surface area contributed by atoms with E-state index in [1.54, 1.807) is 11.8 Å². The Bertz CT molecular complexity index is 849. The molecule has 1 N–H and O–H groups in total. The number of amides is 2. The molecule has 152 valence electrons. The summed E-state index contributed by atoms with van der Waals surface area (Å²) in [6, 6.07) is 17.3. The van der Waals surface area contributed by atoms with Crippen LogP contribution in [0.4, 0.5) is 4.79 Å². The molecule has 0 aliphatic carbocycles. The number of carbonyl (C=O) groups is 3. The van der Waals surface area contributed by atoms with Gasteiger partial charge in [0, 0.05) is 24.6 Å². The Morgan fingerprint density at radius 3 is 2.41 bits per heavy atom. The van der Waals surface area contributed by atoms with Crippen molar-refractivity contribution in [1.82, 2.24) is 10.2 Å². The van der Waals surface area contributed by atoms with Crippen LogP contribution in [-0.4, -0.2) is 48.9 Å². The van der Waals surface area contributed by atoms with Crippen LogP contribution < -0.4 is 5.32 Å². The van der Waals surface area contributed by atoms with Crippen LogP contribution in [0, 0.1) is 5.92 Å². The molecular formula is C23H26N2O4. The van der Waals surface area contributed by atoms with Crippen LogP contribution in [0.15, 0.2) is 54.6 Å². The number of piperidine rings is 1. The van der Waals surface area contributed by atoms with Gasteiger partial charge in [0.1, 0.15) is 6.54 Å². The maximum absolute atomic E-state index is 12.9. The minimum atomic E-state index is -0.469. The topological polar surface area (TPSA) is 75.7 Å². The van der Waals surface area contributed by atoms with Gasteiger partial charge in [-0.25, -0.2) is 4.79 Å². The van der Waals surface area contributed by atoms with Crippen molar-refractivity contribution in [2.24, 2.45) is 5.92 Å². The fourth-order valence-electron chi connectivity index (χ4n) is 3.54. The van der Waals surface area contributed by atoms with E-state index in [4.69, 9.17) is 4.74 Å². The van der Waals surface area contributed by atoms with Crippen LogP contribution in [-0.2, 0) is 9.53 Å². The minimum absolute atomic E-state index is 0.0486. The number of ether oxygens (including phenoxy) is 1. The lowest BCUT2D eigenvalue weighted by Crippen LogP contribution is -2.48. The maximum Gasteiger partial charge on any atom is 0.325 e. The summed E-state index contributed by atoms with van der Waals surface area (Å²) in [7, 11) is 0. The SMILES string of the molecule is CCOC(=O)CNC(=O)N1CCC[C@@H](C(=O)c2ccc(-c3ccccc3)cc2)C1. The molecule has 0 radical (unpaired) electrons. The van der Waals surface area contributed by atoms with E-state index in [-0.39, 0.29) is 30.9 Å². The van der Waals surface area contributed by atoms with Gasteiger partial charge < -0.3 is 15.0 Å². The molecule has 3 rings (SSSR count). The zero-order valence-electron chi connectivity index (χ0n) is 16.6. The van der Waals surface area contributed by atoms with E-state index < -0.39 is 5.97 Å². The molecule has 0 bridgehead atoms. The molecule has 0 spiro atoms. The third-order valence-corrected chi connectivity index (χ3v) is 5.05. The molecule has 1 heterocycles. The first kappa shape index (κ1) is 20.6. The van der Waals surface area contributed by atoms with Crippen LogP contribution in [0.3, 0.4) is 0 Å². The zero-order valence-corrected chi connectivity index (χ0v) is 16.6. The van der Waals surface area contributed by atoms with E-state index in [2.05, 4.69) is 5.32 Å². The molecule has 6 heteroatoms. The number of carbonyl (C=O) groups excluding carboxylic acids is 3. The van der Waals surface area contributed by atoms with Gasteiger partial charge in [-0.05, 0) is 30.9 Å². The van der Waals surface area contributed by atoms with Crippen LogP contribution >= 0.6 is 0 Å². The highest BCUT2D eigenvalue weighted by Crippen LogP contribution is 2.24. The summed E-state index contributed by atoms with van der Waals surface area (Å²) in [5.41, 5.74) is 2.82. The Labute approximate surface area is 170 Å². The Balaban J connectivity index is 1.59. The number of rotatable bonds is 6. The average molecular weight is 394 g/mol. The van der Waals surface area contributed by atoms with E-state index in [1.165, 1.54) is 0 Å². The van der Waals surface area contributed by atoms with Gasteiger partial charge in [0.05, 0.1) is 6.61 Å². The first-order valence-electron chi connectivity index (χ1n) is 9.96. The standard InChI is InChI=1S/C23H26N2O4/c1-2-29-21(26)15-24-23(28)25-14-6-9-20(16-25)22(27)19-12-10-18(11-13-19)17-7-4-3-5-8-17/h3-5,7-8,10-13,20H,2,6,9,14-16H2,1H3,(H,24,28)/t20-/m1/s1. The first-order valence-corrected chi connectivity index (χ1v) is 9.96. The second-order valence-corrected chi connectivity index (χ2v) is 7.06. The first-order chi connectivity index (χ1) is 14.1. The molecule has 6 nitrogen and oxygen atoms in total. The van der Waals surface area contributed by atoms with Gasteiger partial charge in [-0.3, -0.25) is 9.59 Å². The van der Waals surface area contributed by atoms with Gasteiger partial charge in [0.15, 0.2) is 5.78 Å². The quantitative estimate of drug-likeness (QED) is 0.601. The molecular weight excluding hydrogens is 368 g/mol. The van der Waals surface area contributed by atoms with Crippen molar-refractivity contribution in [3.05, 3.63) is 60.2 Å².